The molecule has 0 fully saturated rings. The number of rotatable bonds is 3. The van der Waals surface area contributed by atoms with Crippen LogP contribution in [0.5, 0.6) is 5.75 Å². The van der Waals surface area contributed by atoms with Gasteiger partial charge in [0.2, 0.25) is 0 Å². The third-order valence-electron chi connectivity index (χ3n) is 2.59. The van der Waals surface area contributed by atoms with Gasteiger partial charge in [-0.2, -0.15) is 0 Å². The van der Waals surface area contributed by atoms with Crippen molar-refractivity contribution in [1.82, 2.24) is 4.98 Å². The van der Waals surface area contributed by atoms with Gasteiger partial charge in [-0.25, -0.2) is 4.98 Å². The molecule has 0 aliphatic rings. The summed E-state index contributed by atoms with van der Waals surface area (Å²) in [6.45, 7) is 6.25. The van der Waals surface area contributed by atoms with E-state index in [-0.39, 0.29) is 0 Å². The maximum absolute atomic E-state index is 5.35. The SMILES string of the molecule is COc1cccc2c(NC(C)C)cc(C)nc12. The maximum atomic E-state index is 5.35. The summed E-state index contributed by atoms with van der Waals surface area (Å²) in [5, 5.41) is 4.54. The zero-order valence-electron chi connectivity index (χ0n) is 10.7. The van der Waals surface area contributed by atoms with Gasteiger partial charge in [0.1, 0.15) is 11.3 Å². The zero-order valence-corrected chi connectivity index (χ0v) is 10.7. The molecule has 0 unspecified atom stereocenters. The van der Waals surface area contributed by atoms with Crippen LogP contribution in [0, 0.1) is 6.92 Å². The summed E-state index contributed by atoms with van der Waals surface area (Å²) < 4.78 is 5.35. The molecule has 1 heterocycles. The molecule has 1 N–H and O–H groups in total. The van der Waals surface area contributed by atoms with Gasteiger partial charge in [0.25, 0.3) is 0 Å². The highest BCUT2D eigenvalue weighted by Gasteiger charge is 2.08. The molecular formula is C14H18N2O. The Morgan fingerprint density at radius 3 is 2.71 bits per heavy atom. The second-order valence-corrected chi connectivity index (χ2v) is 4.47. The lowest BCUT2D eigenvalue weighted by Crippen LogP contribution is -2.10. The van der Waals surface area contributed by atoms with Crippen molar-refractivity contribution >= 4 is 16.6 Å². The van der Waals surface area contributed by atoms with Crippen molar-refractivity contribution in [3.05, 3.63) is 30.0 Å². The van der Waals surface area contributed by atoms with Gasteiger partial charge in [0, 0.05) is 22.8 Å². The molecule has 1 aromatic heterocycles. The number of benzene rings is 1. The fourth-order valence-electron chi connectivity index (χ4n) is 1.95. The first-order valence-corrected chi connectivity index (χ1v) is 5.82. The van der Waals surface area contributed by atoms with E-state index in [0.717, 1.165) is 28.0 Å². The van der Waals surface area contributed by atoms with Gasteiger partial charge in [-0.3, -0.25) is 0 Å². The Hall–Kier alpha value is -1.77. The lowest BCUT2D eigenvalue weighted by Gasteiger charge is -2.14. The van der Waals surface area contributed by atoms with Gasteiger partial charge in [-0.15, -0.1) is 0 Å². The quantitative estimate of drug-likeness (QED) is 0.877. The van der Waals surface area contributed by atoms with Crippen LogP contribution >= 0.6 is 0 Å². The molecule has 0 saturated carbocycles. The van der Waals surface area contributed by atoms with Gasteiger partial charge in [0.05, 0.1) is 7.11 Å². The Bertz CT molecular complexity index is 535. The molecule has 90 valence electrons. The van der Waals surface area contributed by atoms with E-state index in [1.54, 1.807) is 7.11 Å². The predicted octanol–water partition coefficient (Wildman–Crippen LogP) is 3.37. The lowest BCUT2D eigenvalue weighted by atomic mass is 10.1. The molecule has 2 aromatic rings. The van der Waals surface area contributed by atoms with Gasteiger partial charge < -0.3 is 10.1 Å². The van der Waals surface area contributed by atoms with E-state index in [1.165, 1.54) is 0 Å². The third-order valence-corrected chi connectivity index (χ3v) is 2.59. The molecule has 0 aliphatic carbocycles. The number of ether oxygens (including phenoxy) is 1. The number of hydrogen-bond donors (Lipinski definition) is 1. The molecule has 1 aromatic carbocycles. The van der Waals surface area contributed by atoms with Crippen LogP contribution in [-0.4, -0.2) is 18.1 Å². The number of aromatic nitrogens is 1. The minimum atomic E-state index is 0.395. The molecule has 0 amide bonds. The summed E-state index contributed by atoms with van der Waals surface area (Å²) in [5.74, 6) is 0.818. The number of aryl methyl sites for hydroxylation is 1. The van der Waals surface area contributed by atoms with Crippen molar-refractivity contribution in [2.75, 3.05) is 12.4 Å². The number of hydrogen-bond acceptors (Lipinski definition) is 3. The van der Waals surface area contributed by atoms with Gasteiger partial charge in [0.15, 0.2) is 0 Å². The number of nitrogens with one attached hydrogen (secondary N) is 1. The van der Waals surface area contributed by atoms with E-state index >= 15 is 0 Å². The number of pyridine rings is 1. The topological polar surface area (TPSA) is 34.1 Å². The highest BCUT2D eigenvalue weighted by Crippen LogP contribution is 2.30. The number of anilines is 1. The highest BCUT2D eigenvalue weighted by molar-refractivity contribution is 5.95. The first kappa shape index (κ1) is 11.7. The van der Waals surface area contributed by atoms with Crippen molar-refractivity contribution in [1.29, 1.82) is 0 Å². The molecule has 0 spiro atoms. The van der Waals surface area contributed by atoms with E-state index in [1.807, 2.05) is 19.1 Å². The van der Waals surface area contributed by atoms with Crippen LogP contribution in [0.3, 0.4) is 0 Å². The lowest BCUT2D eigenvalue weighted by molar-refractivity contribution is 0.419. The van der Waals surface area contributed by atoms with Crippen molar-refractivity contribution in [2.24, 2.45) is 0 Å². The molecule has 3 nitrogen and oxygen atoms in total. The summed E-state index contributed by atoms with van der Waals surface area (Å²) in [4.78, 5) is 4.55. The molecule has 0 aliphatic heterocycles. The van der Waals surface area contributed by atoms with Crippen molar-refractivity contribution in [3.8, 4) is 5.75 Å². The van der Waals surface area contributed by atoms with Crippen molar-refractivity contribution in [3.63, 3.8) is 0 Å². The van der Waals surface area contributed by atoms with E-state index in [9.17, 15) is 0 Å². The maximum Gasteiger partial charge on any atom is 0.145 e. The molecule has 2 rings (SSSR count). The predicted molar refractivity (Wildman–Crippen MR) is 71.8 cm³/mol. The van der Waals surface area contributed by atoms with Gasteiger partial charge >= 0.3 is 0 Å². The molecule has 0 radical (unpaired) electrons. The van der Waals surface area contributed by atoms with Crippen LogP contribution in [0.4, 0.5) is 5.69 Å². The monoisotopic (exact) mass is 230 g/mol. The average molecular weight is 230 g/mol. The first-order chi connectivity index (χ1) is 8.11. The van der Waals surface area contributed by atoms with Crippen LogP contribution in [0.25, 0.3) is 10.9 Å². The molecule has 0 atom stereocenters. The second kappa shape index (κ2) is 4.62. The average Bonchev–Trinajstić information content (AvgIpc) is 2.27. The molecule has 0 bridgehead atoms. The van der Waals surface area contributed by atoms with Crippen LogP contribution in [0.1, 0.15) is 19.5 Å². The number of nitrogens with zero attached hydrogens (tertiary/aromatic N) is 1. The van der Waals surface area contributed by atoms with Crippen molar-refractivity contribution < 1.29 is 4.74 Å². The zero-order chi connectivity index (χ0) is 12.4. The van der Waals surface area contributed by atoms with E-state index in [4.69, 9.17) is 4.74 Å². The Morgan fingerprint density at radius 1 is 1.29 bits per heavy atom. The molecule has 3 heteroatoms. The summed E-state index contributed by atoms with van der Waals surface area (Å²) >= 11 is 0. The number of methoxy groups -OCH3 is 1. The number of para-hydroxylation sites is 1. The van der Waals surface area contributed by atoms with Gasteiger partial charge in [-0.05, 0) is 32.9 Å². The van der Waals surface area contributed by atoms with Crippen LogP contribution in [0.15, 0.2) is 24.3 Å². The van der Waals surface area contributed by atoms with Crippen molar-refractivity contribution in [2.45, 2.75) is 26.8 Å². The Labute approximate surface area is 102 Å². The molecular weight excluding hydrogens is 212 g/mol. The van der Waals surface area contributed by atoms with Crippen LogP contribution in [-0.2, 0) is 0 Å². The summed E-state index contributed by atoms with van der Waals surface area (Å²) in [6, 6.07) is 8.46. The fraction of sp³-hybridized carbons (Fsp3) is 0.357. The third kappa shape index (κ3) is 2.33. The van der Waals surface area contributed by atoms with Crippen LogP contribution in [0.2, 0.25) is 0 Å². The normalized spacial score (nSPS) is 10.9. The summed E-state index contributed by atoms with van der Waals surface area (Å²) in [6.07, 6.45) is 0. The minimum absolute atomic E-state index is 0.395. The standard InChI is InChI=1S/C14H18N2O/c1-9(2)15-12-8-10(3)16-14-11(12)6-5-7-13(14)17-4/h5-9H,1-4H3,(H,15,16). The Balaban J connectivity index is 2.67. The molecule has 17 heavy (non-hydrogen) atoms. The van der Waals surface area contributed by atoms with E-state index < -0.39 is 0 Å². The second-order valence-electron chi connectivity index (χ2n) is 4.47. The summed E-state index contributed by atoms with van der Waals surface area (Å²) in [5.41, 5.74) is 3.02. The smallest absolute Gasteiger partial charge is 0.145 e. The molecule has 0 saturated heterocycles. The van der Waals surface area contributed by atoms with Crippen LogP contribution < -0.4 is 10.1 Å². The Kier molecular flexibility index (Phi) is 3.18. The van der Waals surface area contributed by atoms with E-state index in [0.29, 0.717) is 6.04 Å². The largest absolute Gasteiger partial charge is 0.494 e. The Morgan fingerprint density at radius 2 is 2.06 bits per heavy atom. The first-order valence-electron chi connectivity index (χ1n) is 5.82. The van der Waals surface area contributed by atoms with E-state index in [2.05, 4.69) is 36.3 Å². The highest BCUT2D eigenvalue weighted by atomic mass is 16.5. The summed E-state index contributed by atoms with van der Waals surface area (Å²) in [7, 11) is 1.67. The fourth-order valence-corrected chi connectivity index (χ4v) is 1.95. The minimum Gasteiger partial charge on any atom is -0.494 e. The van der Waals surface area contributed by atoms with Gasteiger partial charge in [-0.1, -0.05) is 12.1 Å². The number of fused-ring (bicyclic) bond motifs is 1.